The van der Waals surface area contributed by atoms with Crippen molar-refractivity contribution in [1.29, 1.82) is 0 Å². The van der Waals surface area contributed by atoms with Crippen LogP contribution in [0.1, 0.15) is 5.56 Å². The van der Waals surface area contributed by atoms with Crippen molar-refractivity contribution in [3.63, 3.8) is 0 Å². The number of likely N-dealkylation sites (N-methyl/N-ethyl adjacent to an activating group) is 1. The van der Waals surface area contributed by atoms with Gasteiger partial charge in [-0.15, -0.1) is 0 Å². The maximum Gasteiger partial charge on any atom is 0.387 e. The lowest BCUT2D eigenvalue weighted by atomic mass is 10.1. The number of nitrogens with zero attached hydrogens (tertiary/aromatic N) is 6. The van der Waals surface area contributed by atoms with Gasteiger partial charge >= 0.3 is 6.61 Å². The highest BCUT2D eigenvalue weighted by Gasteiger charge is 2.34. The van der Waals surface area contributed by atoms with Crippen LogP contribution in [0, 0.1) is 10.1 Å². The maximum atomic E-state index is 13.3. The van der Waals surface area contributed by atoms with E-state index in [1.165, 1.54) is 12.1 Å². The van der Waals surface area contributed by atoms with Gasteiger partial charge in [-0.2, -0.15) is 8.78 Å². The highest BCUT2D eigenvalue weighted by molar-refractivity contribution is 5.95. The van der Waals surface area contributed by atoms with E-state index in [1.54, 1.807) is 23.4 Å². The second kappa shape index (κ2) is 9.65. The molecule has 2 aromatic heterocycles. The van der Waals surface area contributed by atoms with Crippen LogP contribution in [0.15, 0.2) is 47.7 Å². The van der Waals surface area contributed by atoms with Crippen LogP contribution < -0.4 is 20.3 Å². The van der Waals surface area contributed by atoms with Gasteiger partial charge in [0.15, 0.2) is 12.0 Å². The number of fused-ring (bicyclic) bond motifs is 1. The number of hydrogen-bond donors (Lipinski definition) is 2. The molecule has 1 fully saturated rings. The van der Waals surface area contributed by atoms with Gasteiger partial charge < -0.3 is 29.7 Å². The predicted molar refractivity (Wildman–Crippen MR) is 137 cm³/mol. The van der Waals surface area contributed by atoms with Gasteiger partial charge in [-0.05, 0) is 32.3 Å². The predicted octanol–water partition coefficient (Wildman–Crippen LogP) is 3.24. The van der Waals surface area contributed by atoms with Crippen molar-refractivity contribution in [1.82, 2.24) is 19.8 Å². The van der Waals surface area contributed by atoms with Crippen molar-refractivity contribution in [3.05, 3.63) is 58.4 Å². The number of aromatic nitrogens is 2. The quantitative estimate of drug-likeness (QED) is 0.349. The summed E-state index contributed by atoms with van der Waals surface area (Å²) in [5, 5.41) is 18.1. The molecule has 0 bridgehead atoms. The molecule has 0 amide bonds. The maximum absolute atomic E-state index is 13.3. The van der Waals surface area contributed by atoms with Crippen LogP contribution in [-0.2, 0) is 7.05 Å². The third kappa shape index (κ3) is 4.77. The lowest BCUT2D eigenvalue weighted by molar-refractivity contribution is -0.384. The lowest BCUT2D eigenvalue weighted by Crippen LogP contribution is -2.57. The molecular weight excluding hydrogens is 486 g/mol. The van der Waals surface area contributed by atoms with Crippen LogP contribution in [0.2, 0.25) is 0 Å². The largest absolute Gasteiger partial charge is 0.433 e. The van der Waals surface area contributed by atoms with Crippen LogP contribution in [-0.4, -0.2) is 71.7 Å². The first kappa shape index (κ1) is 24.4. The number of anilines is 2. The van der Waals surface area contributed by atoms with E-state index in [9.17, 15) is 18.9 Å². The third-order valence-corrected chi connectivity index (χ3v) is 6.52. The molecule has 1 saturated heterocycles. The Kier molecular flexibility index (Phi) is 6.38. The summed E-state index contributed by atoms with van der Waals surface area (Å²) in [5.41, 5.74) is 3.29. The first-order valence-electron chi connectivity index (χ1n) is 11.6. The smallest absolute Gasteiger partial charge is 0.387 e. The summed E-state index contributed by atoms with van der Waals surface area (Å²) < 4.78 is 33.3. The Morgan fingerprint density at radius 2 is 2.11 bits per heavy atom. The minimum absolute atomic E-state index is 0.0207. The minimum atomic E-state index is -3.11. The Labute approximate surface area is 211 Å². The normalized spacial score (nSPS) is 17.6. The summed E-state index contributed by atoms with van der Waals surface area (Å²) >= 11 is 0. The summed E-state index contributed by atoms with van der Waals surface area (Å²) in [6.45, 7) is -2.03. The zero-order chi connectivity index (χ0) is 26.3. The Morgan fingerprint density at radius 3 is 2.81 bits per heavy atom. The molecule has 1 aromatic carbocycles. The molecular formula is C24H26F2N8O3. The van der Waals surface area contributed by atoms with E-state index in [0.29, 0.717) is 18.8 Å². The number of benzene rings is 1. The van der Waals surface area contributed by atoms with E-state index < -0.39 is 17.8 Å². The fourth-order valence-corrected chi connectivity index (χ4v) is 4.48. The number of aliphatic imine (C=N–C) groups is 1. The number of rotatable bonds is 8. The van der Waals surface area contributed by atoms with Crippen molar-refractivity contribution in [3.8, 4) is 5.75 Å². The second-order valence-corrected chi connectivity index (χ2v) is 9.09. The Balaban J connectivity index is 1.43. The summed E-state index contributed by atoms with van der Waals surface area (Å²) in [6, 6.07) is 6.52. The zero-order valence-corrected chi connectivity index (χ0v) is 20.4. The SMILES string of the molecule is CN(C)C1CN(c2cc(OC(F)F)c(NC3N=CC=C(c4cn(C)c5cccnc45)N3)cc2[N+](=O)[O-])C1. The molecule has 11 nitrogen and oxygen atoms in total. The molecule has 5 rings (SSSR count). The fourth-order valence-electron chi connectivity index (χ4n) is 4.48. The third-order valence-electron chi connectivity index (χ3n) is 6.52. The number of nitro benzene ring substituents is 1. The van der Waals surface area contributed by atoms with Crippen LogP contribution in [0.25, 0.3) is 16.7 Å². The van der Waals surface area contributed by atoms with E-state index in [1.807, 2.05) is 48.9 Å². The molecule has 37 heavy (non-hydrogen) atoms. The number of hydrogen-bond acceptors (Lipinski definition) is 9. The number of alkyl halides is 2. The average Bonchev–Trinajstić information content (AvgIpc) is 3.16. The first-order valence-corrected chi connectivity index (χ1v) is 11.6. The van der Waals surface area contributed by atoms with Crippen LogP contribution in [0.5, 0.6) is 5.75 Å². The summed E-state index contributed by atoms with van der Waals surface area (Å²) in [7, 11) is 5.75. The first-order chi connectivity index (χ1) is 17.7. The number of ether oxygens (including phenoxy) is 1. The molecule has 1 atom stereocenters. The average molecular weight is 513 g/mol. The van der Waals surface area contributed by atoms with Crippen LogP contribution in [0.4, 0.5) is 25.8 Å². The molecule has 0 saturated carbocycles. The summed E-state index contributed by atoms with van der Waals surface area (Å²) in [5.74, 6) is -0.205. The molecule has 0 radical (unpaired) electrons. The Hall–Kier alpha value is -4.26. The van der Waals surface area contributed by atoms with Crippen molar-refractivity contribution in [2.45, 2.75) is 18.9 Å². The van der Waals surface area contributed by atoms with E-state index in [-0.39, 0.29) is 28.9 Å². The van der Waals surface area contributed by atoms with E-state index in [2.05, 4.69) is 20.6 Å². The van der Waals surface area contributed by atoms with E-state index >= 15 is 0 Å². The Morgan fingerprint density at radius 1 is 1.32 bits per heavy atom. The molecule has 2 aliphatic rings. The summed E-state index contributed by atoms with van der Waals surface area (Å²) in [4.78, 5) is 24.0. The number of allylic oxidation sites excluding steroid dienone is 1. The van der Waals surface area contributed by atoms with Crippen LogP contribution in [0.3, 0.4) is 0 Å². The number of pyridine rings is 1. The molecule has 0 aliphatic carbocycles. The standard InChI is InChI=1S/C24H26F2N8O3/c1-31(2)14-11-33(12-14)19-10-21(37-23(25)26)17(9-20(19)34(35)36)30-24-28-8-6-16(29-24)15-13-32(3)18-5-4-7-27-22(15)18/h4-10,13-14,23-24,29-30H,11-12H2,1-3H3. The van der Waals surface area contributed by atoms with Gasteiger partial charge in [-0.3, -0.25) is 15.1 Å². The molecule has 194 valence electrons. The van der Waals surface area contributed by atoms with Gasteiger partial charge in [0.1, 0.15) is 5.69 Å². The lowest BCUT2D eigenvalue weighted by Gasteiger charge is -2.44. The molecule has 2 N–H and O–H groups in total. The van der Waals surface area contributed by atoms with Gasteiger partial charge in [-0.25, -0.2) is 4.99 Å². The number of nitrogens with one attached hydrogen (secondary N) is 2. The number of halogens is 2. The topological polar surface area (TPSA) is 113 Å². The highest BCUT2D eigenvalue weighted by atomic mass is 19.3. The number of aryl methyl sites for hydroxylation is 1. The van der Waals surface area contributed by atoms with Gasteiger partial charge in [0.25, 0.3) is 5.69 Å². The van der Waals surface area contributed by atoms with Crippen LogP contribution >= 0.6 is 0 Å². The second-order valence-electron chi connectivity index (χ2n) is 9.09. The van der Waals surface area contributed by atoms with E-state index in [4.69, 9.17) is 4.74 Å². The van der Waals surface area contributed by atoms with Crippen molar-refractivity contribution in [2.75, 3.05) is 37.4 Å². The zero-order valence-electron chi connectivity index (χ0n) is 20.4. The fraction of sp³-hybridized carbons (Fsp3) is 0.333. The van der Waals surface area contributed by atoms with Crippen molar-refractivity contribution < 1.29 is 18.4 Å². The van der Waals surface area contributed by atoms with E-state index in [0.717, 1.165) is 16.6 Å². The van der Waals surface area contributed by atoms with Gasteiger partial charge in [0, 0.05) is 68.2 Å². The molecule has 0 spiro atoms. The molecule has 4 heterocycles. The Bertz CT molecular complexity index is 1400. The van der Waals surface area contributed by atoms with Crippen molar-refractivity contribution in [2.24, 2.45) is 12.0 Å². The summed E-state index contributed by atoms with van der Waals surface area (Å²) in [6.07, 6.45) is 6.17. The minimum Gasteiger partial charge on any atom is -0.433 e. The monoisotopic (exact) mass is 512 g/mol. The highest BCUT2D eigenvalue weighted by Crippen LogP contribution is 2.41. The van der Waals surface area contributed by atoms with Gasteiger partial charge in [-0.1, -0.05) is 0 Å². The van der Waals surface area contributed by atoms with Gasteiger partial charge in [0.05, 0.1) is 21.6 Å². The molecule has 1 unspecified atom stereocenters. The molecule has 13 heteroatoms. The molecule has 3 aromatic rings. The van der Waals surface area contributed by atoms with Gasteiger partial charge in [0.2, 0.25) is 0 Å². The van der Waals surface area contributed by atoms with Crippen molar-refractivity contribution >= 4 is 40.0 Å². The number of nitro groups is 1. The molecule has 2 aliphatic heterocycles.